The van der Waals surface area contributed by atoms with Crippen molar-refractivity contribution in [2.75, 3.05) is 33.4 Å². The lowest BCUT2D eigenvalue weighted by atomic mass is 9.98. The number of hydrogen-bond donors (Lipinski definition) is 2. The van der Waals surface area contributed by atoms with Crippen molar-refractivity contribution < 1.29 is 19.4 Å². The van der Waals surface area contributed by atoms with Crippen molar-refractivity contribution >= 4 is 12.1 Å². The Morgan fingerprint density at radius 2 is 1.84 bits per heavy atom. The van der Waals surface area contributed by atoms with Gasteiger partial charge in [-0.2, -0.15) is 5.10 Å². The first kappa shape index (κ1) is 26.2. The van der Waals surface area contributed by atoms with Gasteiger partial charge in [0.05, 0.1) is 45.2 Å². The molecule has 0 aliphatic carbocycles. The highest BCUT2D eigenvalue weighted by molar-refractivity contribution is 5.92. The van der Waals surface area contributed by atoms with Crippen molar-refractivity contribution in [2.45, 2.75) is 39.7 Å². The molecule has 1 aliphatic rings. The third-order valence-electron chi connectivity index (χ3n) is 6.01. The first-order chi connectivity index (χ1) is 17.8. The Morgan fingerprint density at radius 3 is 2.46 bits per heavy atom. The number of phenols is 1. The molecule has 0 bridgehead atoms. The number of carbonyl (C=O) groups is 1. The van der Waals surface area contributed by atoms with E-state index in [0.29, 0.717) is 36.0 Å². The number of hydrazone groups is 1. The summed E-state index contributed by atoms with van der Waals surface area (Å²) in [4.78, 5) is 13.0. The standard InChI is InChI=1S/C27H34N6O4/c1-17(2)21-14-22(23(34)15-24(21)36-5)25-30-31-26(27(35)29-18(3)4)33(25)20-8-6-19(7-9-20)16-28-32-10-12-37-13-11-32/h6-9,14-18,34H,10-13H2,1-5H3,(H,29,35). The Kier molecular flexibility index (Phi) is 8.08. The zero-order chi connectivity index (χ0) is 26.5. The molecule has 0 spiro atoms. The van der Waals surface area contributed by atoms with Crippen LogP contribution in [0.15, 0.2) is 41.5 Å². The van der Waals surface area contributed by atoms with E-state index in [2.05, 4.69) is 20.6 Å². The number of morpholine rings is 1. The zero-order valence-corrected chi connectivity index (χ0v) is 21.9. The highest BCUT2D eigenvalue weighted by atomic mass is 16.5. The van der Waals surface area contributed by atoms with Gasteiger partial charge in [0.15, 0.2) is 5.82 Å². The second-order valence-electron chi connectivity index (χ2n) is 9.48. The summed E-state index contributed by atoms with van der Waals surface area (Å²) in [5, 5.41) is 28.8. The topological polar surface area (TPSA) is 114 Å². The minimum absolute atomic E-state index is 0.0139. The second kappa shape index (κ2) is 11.4. The highest BCUT2D eigenvalue weighted by Gasteiger charge is 2.25. The van der Waals surface area contributed by atoms with Crippen LogP contribution >= 0.6 is 0 Å². The summed E-state index contributed by atoms with van der Waals surface area (Å²) in [6.07, 6.45) is 1.80. The van der Waals surface area contributed by atoms with Gasteiger partial charge in [0.1, 0.15) is 11.5 Å². The van der Waals surface area contributed by atoms with E-state index in [-0.39, 0.29) is 29.4 Å². The molecule has 2 N–H and O–H groups in total. The van der Waals surface area contributed by atoms with Crippen molar-refractivity contribution in [3.05, 3.63) is 53.3 Å². The molecule has 0 radical (unpaired) electrons. The molecular formula is C27H34N6O4. The fraction of sp³-hybridized carbons (Fsp3) is 0.407. The van der Waals surface area contributed by atoms with Gasteiger partial charge in [-0.25, -0.2) is 0 Å². The number of aromatic nitrogens is 3. The summed E-state index contributed by atoms with van der Waals surface area (Å²) in [5.74, 6) is 0.831. The van der Waals surface area contributed by atoms with Gasteiger partial charge in [-0.3, -0.25) is 14.4 Å². The van der Waals surface area contributed by atoms with Crippen molar-refractivity contribution in [3.8, 4) is 28.6 Å². The van der Waals surface area contributed by atoms with Gasteiger partial charge >= 0.3 is 0 Å². The van der Waals surface area contributed by atoms with Crippen LogP contribution in [0.2, 0.25) is 0 Å². The van der Waals surface area contributed by atoms with Crippen molar-refractivity contribution in [1.82, 2.24) is 25.1 Å². The maximum Gasteiger partial charge on any atom is 0.289 e. The number of nitrogens with one attached hydrogen (secondary N) is 1. The summed E-state index contributed by atoms with van der Waals surface area (Å²) < 4.78 is 12.5. The van der Waals surface area contributed by atoms with Crippen molar-refractivity contribution in [2.24, 2.45) is 5.10 Å². The van der Waals surface area contributed by atoms with E-state index in [0.717, 1.165) is 24.2 Å². The van der Waals surface area contributed by atoms with E-state index in [1.807, 2.05) is 63.0 Å². The van der Waals surface area contributed by atoms with Crippen LogP contribution in [0.5, 0.6) is 11.5 Å². The number of carbonyl (C=O) groups excluding carboxylic acids is 1. The van der Waals surface area contributed by atoms with Crippen LogP contribution in [0.3, 0.4) is 0 Å². The number of amides is 1. The predicted octanol–water partition coefficient (Wildman–Crippen LogP) is 3.58. The quantitative estimate of drug-likeness (QED) is 0.449. The van der Waals surface area contributed by atoms with Gasteiger partial charge in [-0.1, -0.05) is 26.0 Å². The zero-order valence-electron chi connectivity index (χ0n) is 21.9. The molecule has 10 heteroatoms. The average molecular weight is 507 g/mol. The summed E-state index contributed by atoms with van der Waals surface area (Å²) in [7, 11) is 1.57. The second-order valence-corrected chi connectivity index (χ2v) is 9.48. The molecule has 1 amide bonds. The predicted molar refractivity (Wildman–Crippen MR) is 142 cm³/mol. The molecular weight excluding hydrogens is 472 g/mol. The molecule has 10 nitrogen and oxygen atoms in total. The molecule has 2 aromatic carbocycles. The SMILES string of the molecule is COc1cc(O)c(-c2nnc(C(=O)NC(C)C)n2-c2ccc(C=NN3CCOCC3)cc2)cc1C(C)C. The first-order valence-electron chi connectivity index (χ1n) is 12.4. The van der Waals surface area contributed by atoms with Crippen LogP contribution in [0.4, 0.5) is 0 Å². The maximum atomic E-state index is 13.0. The number of hydrogen-bond acceptors (Lipinski definition) is 8. The van der Waals surface area contributed by atoms with Crippen LogP contribution in [0.25, 0.3) is 17.1 Å². The van der Waals surface area contributed by atoms with E-state index in [1.165, 1.54) is 0 Å². The van der Waals surface area contributed by atoms with Gasteiger partial charge < -0.3 is 19.9 Å². The number of nitrogens with zero attached hydrogens (tertiary/aromatic N) is 5. The molecule has 2 heterocycles. The molecule has 1 aliphatic heterocycles. The lowest BCUT2D eigenvalue weighted by Gasteiger charge is -2.23. The summed E-state index contributed by atoms with van der Waals surface area (Å²) in [6.45, 7) is 10.7. The number of phenolic OH excluding ortho intramolecular Hbond substituents is 1. The Labute approximate surface area is 216 Å². The largest absolute Gasteiger partial charge is 0.507 e. The molecule has 0 unspecified atom stereocenters. The van der Waals surface area contributed by atoms with E-state index in [9.17, 15) is 9.90 Å². The number of ether oxygens (including phenoxy) is 2. The fourth-order valence-electron chi connectivity index (χ4n) is 4.10. The van der Waals surface area contributed by atoms with Gasteiger partial charge in [0.2, 0.25) is 5.82 Å². The third kappa shape index (κ3) is 5.91. The van der Waals surface area contributed by atoms with Gasteiger partial charge in [-0.05, 0) is 49.1 Å². The minimum Gasteiger partial charge on any atom is -0.507 e. The van der Waals surface area contributed by atoms with Crippen molar-refractivity contribution in [3.63, 3.8) is 0 Å². The monoisotopic (exact) mass is 506 g/mol. The molecule has 1 aromatic heterocycles. The normalized spacial score (nSPS) is 14.1. The molecule has 37 heavy (non-hydrogen) atoms. The van der Waals surface area contributed by atoms with Crippen LogP contribution in [-0.2, 0) is 4.74 Å². The van der Waals surface area contributed by atoms with Crippen molar-refractivity contribution in [1.29, 1.82) is 0 Å². The molecule has 4 rings (SSSR count). The highest BCUT2D eigenvalue weighted by Crippen LogP contribution is 2.38. The van der Waals surface area contributed by atoms with Crippen LogP contribution in [-0.4, -0.2) is 76.5 Å². The third-order valence-corrected chi connectivity index (χ3v) is 6.01. The number of benzene rings is 2. The molecule has 3 aromatic rings. The average Bonchev–Trinajstić information content (AvgIpc) is 3.32. The maximum absolute atomic E-state index is 13.0. The van der Waals surface area contributed by atoms with Gasteiger partial charge in [-0.15, -0.1) is 10.2 Å². The lowest BCUT2D eigenvalue weighted by molar-refractivity contribution is 0.0397. The summed E-state index contributed by atoms with van der Waals surface area (Å²) >= 11 is 0. The molecule has 196 valence electrons. The van der Waals surface area contributed by atoms with E-state index >= 15 is 0 Å². The number of methoxy groups -OCH3 is 1. The van der Waals surface area contributed by atoms with E-state index in [1.54, 1.807) is 24.0 Å². The first-order valence-corrected chi connectivity index (χ1v) is 12.4. The van der Waals surface area contributed by atoms with E-state index in [4.69, 9.17) is 9.47 Å². The number of aromatic hydroxyl groups is 1. The number of rotatable bonds is 8. The molecule has 0 saturated carbocycles. The Balaban J connectivity index is 1.77. The Hall–Kier alpha value is -3.92. The van der Waals surface area contributed by atoms with Gasteiger partial charge in [0, 0.05) is 17.8 Å². The van der Waals surface area contributed by atoms with Crippen LogP contribution in [0, 0.1) is 0 Å². The molecule has 1 saturated heterocycles. The molecule has 1 fully saturated rings. The Morgan fingerprint density at radius 1 is 1.14 bits per heavy atom. The smallest absolute Gasteiger partial charge is 0.289 e. The summed E-state index contributed by atoms with van der Waals surface area (Å²) in [5.41, 5.74) is 2.96. The minimum atomic E-state index is -0.358. The van der Waals surface area contributed by atoms with E-state index < -0.39 is 0 Å². The van der Waals surface area contributed by atoms with Crippen LogP contribution in [0.1, 0.15) is 55.4 Å². The fourth-order valence-corrected chi connectivity index (χ4v) is 4.10. The lowest BCUT2D eigenvalue weighted by Crippen LogP contribution is -2.32. The summed E-state index contributed by atoms with van der Waals surface area (Å²) in [6, 6.07) is 10.9. The van der Waals surface area contributed by atoms with Gasteiger partial charge in [0.25, 0.3) is 5.91 Å². The Bertz CT molecular complexity index is 1260. The molecule has 0 atom stereocenters. The van der Waals surface area contributed by atoms with Crippen LogP contribution < -0.4 is 10.1 Å².